The van der Waals surface area contributed by atoms with Gasteiger partial charge >= 0.3 is 12.1 Å². The van der Waals surface area contributed by atoms with Crippen molar-refractivity contribution in [1.82, 2.24) is 34.7 Å². The number of nitrogens with zero attached hydrogens (tertiary/aromatic N) is 8. The van der Waals surface area contributed by atoms with Crippen LogP contribution in [0.15, 0.2) is 76.5 Å². The second-order valence-corrected chi connectivity index (χ2v) is 11.9. The quantitative estimate of drug-likeness (QED) is 0.269. The van der Waals surface area contributed by atoms with Crippen molar-refractivity contribution >= 4 is 41.5 Å². The number of fused-ring (bicyclic) bond motifs is 2. The number of carbonyl (C=O) groups is 2. The summed E-state index contributed by atoms with van der Waals surface area (Å²) in [5.74, 6) is 1.52. The highest BCUT2D eigenvalue weighted by atomic mass is 16.6. The zero-order chi connectivity index (χ0) is 32.6. The summed E-state index contributed by atoms with van der Waals surface area (Å²) in [6.07, 6.45) is 7.72. The fraction of sp³-hybridized carbons (Fsp3) is 0.290. The minimum absolute atomic E-state index is 0.183. The maximum Gasteiger partial charge on any atom is 0.435 e. The van der Waals surface area contributed by atoms with Crippen LogP contribution in [0.5, 0.6) is 11.6 Å². The van der Waals surface area contributed by atoms with E-state index in [1.807, 2.05) is 44.2 Å². The molecule has 4 heterocycles. The first-order chi connectivity index (χ1) is 21.9. The number of nitrogens with one attached hydrogen (secondary N) is 3. The Kier molecular flexibility index (Phi) is 7.81. The number of aromatic nitrogens is 6. The van der Waals surface area contributed by atoms with E-state index in [-0.39, 0.29) is 17.7 Å². The Morgan fingerprint density at radius 3 is 2.63 bits per heavy atom. The van der Waals surface area contributed by atoms with Gasteiger partial charge in [-0.15, -0.1) is 15.3 Å². The van der Waals surface area contributed by atoms with E-state index in [0.717, 1.165) is 21.6 Å². The summed E-state index contributed by atoms with van der Waals surface area (Å²) in [7, 11) is 0. The summed E-state index contributed by atoms with van der Waals surface area (Å²) in [6.45, 7) is 10.9. The van der Waals surface area contributed by atoms with Crippen molar-refractivity contribution < 1.29 is 19.1 Å². The van der Waals surface area contributed by atoms with Gasteiger partial charge in [-0.2, -0.15) is 4.68 Å². The van der Waals surface area contributed by atoms with Crippen LogP contribution in [0.25, 0.3) is 5.65 Å². The number of allylic oxidation sites excluding steroid dienone is 3. The van der Waals surface area contributed by atoms with Crippen molar-refractivity contribution in [2.24, 2.45) is 21.8 Å². The second-order valence-electron chi connectivity index (χ2n) is 11.9. The number of anilines is 2. The molecule has 3 aromatic heterocycles. The number of hydrogen-bond acceptors (Lipinski definition) is 11. The molecule has 4 aromatic rings. The Hall–Kier alpha value is -5.86. The van der Waals surface area contributed by atoms with Crippen LogP contribution in [-0.2, 0) is 4.74 Å². The van der Waals surface area contributed by atoms with Gasteiger partial charge in [-0.05, 0) is 70.5 Å². The minimum atomic E-state index is -0.680. The van der Waals surface area contributed by atoms with Crippen molar-refractivity contribution in [1.29, 1.82) is 0 Å². The second kappa shape index (κ2) is 11.9. The normalized spacial score (nSPS) is 17.4. The molecule has 15 nitrogen and oxygen atoms in total. The molecule has 1 aliphatic carbocycles. The van der Waals surface area contributed by atoms with Crippen LogP contribution in [0.1, 0.15) is 39.0 Å². The molecule has 0 bridgehead atoms. The van der Waals surface area contributed by atoms with Crippen molar-refractivity contribution in [3.63, 3.8) is 0 Å². The Morgan fingerprint density at radius 2 is 1.85 bits per heavy atom. The Bertz CT molecular complexity index is 1960. The van der Waals surface area contributed by atoms with Gasteiger partial charge in [0.25, 0.3) is 0 Å². The summed E-state index contributed by atoms with van der Waals surface area (Å²) in [5.41, 5.74) is 3.65. The summed E-state index contributed by atoms with van der Waals surface area (Å²) in [4.78, 5) is 38.8. The van der Waals surface area contributed by atoms with Gasteiger partial charge in [0.15, 0.2) is 11.5 Å². The van der Waals surface area contributed by atoms with E-state index in [4.69, 9.17) is 9.47 Å². The third kappa shape index (κ3) is 6.47. The molecule has 1 aromatic carbocycles. The first kappa shape index (κ1) is 30.2. The first-order valence-electron chi connectivity index (χ1n) is 14.5. The molecule has 0 radical (unpaired) electrons. The SMILES string of the molecule is Cc1cc(NC2=NC=NC3=CC=C(NC(=O)Nc4cc(C)n(C(=O)OC(C)(C)C)n4)C(C)C32)ccc1Oc1cc2nncn2cn1. The Balaban J connectivity index is 1.11. The number of ether oxygens (including phenoxy) is 2. The molecule has 2 amide bonds. The van der Waals surface area contributed by atoms with Crippen LogP contribution in [0.4, 0.5) is 21.1 Å². The van der Waals surface area contributed by atoms with Crippen molar-refractivity contribution in [2.45, 2.75) is 47.1 Å². The topological polar surface area (TPSA) is 174 Å². The number of carbonyl (C=O) groups excluding carboxylic acids is 2. The lowest BCUT2D eigenvalue weighted by Crippen LogP contribution is -2.39. The van der Waals surface area contributed by atoms with E-state index in [1.165, 1.54) is 6.34 Å². The van der Waals surface area contributed by atoms with Crippen molar-refractivity contribution in [3.05, 3.63) is 77.8 Å². The lowest BCUT2D eigenvalue weighted by Gasteiger charge is -2.32. The van der Waals surface area contributed by atoms with E-state index in [0.29, 0.717) is 34.5 Å². The van der Waals surface area contributed by atoms with Crippen molar-refractivity contribution in [3.8, 4) is 11.6 Å². The maximum absolute atomic E-state index is 13.0. The number of aryl methyl sites for hydroxylation is 2. The first-order valence-corrected chi connectivity index (χ1v) is 14.5. The smallest absolute Gasteiger partial charge is 0.435 e. The van der Waals surface area contributed by atoms with E-state index in [2.05, 4.69) is 46.2 Å². The summed E-state index contributed by atoms with van der Waals surface area (Å²) < 4.78 is 14.2. The molecule has 2 unspecified atom stereocenters. The van der Waals surface area contributed by atoms with Gasteiger partial charge in [-0.3, -0.25) is 9.72 Å². The Morgan fingerprint density at radius 1 is 1.02 bits per heavy atom. The average Bonchev–Trinajstić information content (AvgIpc) is 3.61. The molecule has 6 rings (SSSR count). The summed E-state index contributed by atoms with van der Waals surface area (Å²) >= 11 is 0. The molecule has 236 valence electrons. The molecule has 46 heavy (non-hydrogen) atoms. The highest BCUT2D eigenvalue weighted by molar-refractivity contribution is 6.04. The van der Waals surface area contributed by atoms with Crippen LogP contribution < -0.4 is 20.7 Å². The highest BCUT2D eigenvalue weighted by Crippen LogP contribution is 2.35. The van der Waals surface area contributed by atoms with Gasteiger partial charge < -0.3 is 20.1 Å². The molecule has 1 aliphatic heterocycles. The number of amidine groups is 1. The number of aliphatic imine (C=N–C) groups is 2. The molecular formula is C31H33N11O4. The highest BCUT2D eigenvalue weighted by Gasteiger charge is 2.34. The third-order valence-electron chi connectivity index (χ3n) is 7.22. The van der Waals surface area contributed by atoms with Gasteiger partial charge in [0, 0.05) is 35.1 Å². The maximum atomic E-state index is 13.0. The third-order valence-corrected chi connectivity index (χ3v) is 7.22. The molecule has 0 spiro atoms. The number of amides is 2. The zero-order valence-corrected chi connectivity index (χ0v) is 26.1. The Labute approximate surface area is 264 Å². The molecule has 15 heteroatoms. The molecule has 0 saturated heterocycles. The monoisotopic (exact) mass is 623 g/mol. The van der Waals surface area contributed by atoms with Crippen LogP contribution >= 0.6 is 0 Å². The fourth-order valence-electron chi connectivity index (χ4n) is 5.04. The lowest BCUT2D eigenvalue weighted by molar-refractivity contribution is 0.0511. The largest absolute Gasteiger partial charge is 0.442 e. The molecule has 3 N–H and O–H groups in total. The standard InChI is InChI=1S/C31H33N11O4/c1-17-11-20(7-10-23(17)45-26-13-25-39-35-16-41(25)15-34-26)36-28-27-19(3)21(8-9-22(27)32-14-33-28)37-29(43)38-24-12-18(2)42(40-24)30(44)46-31(4,5)6/h7-16,19,27H,1-6H3,(H,32,33,36)(H2,37,38,40,43). The minimum Gasteiger partial charge on any atom is -0.442 e. The van der Waals surface area contributed by atoms with Gasteiger partial charge in [0.1, 0.15) is 36.2 Å². The number of rotatable bonds is 5. The zero-order valence-electron chi connectivity index (χ0n) is 26.1. The summed E-state index contributed by atoms with van der Waals surface area (Å²) in [5, 5.41) is 21.1. The van der Waals surface area contributed by atoms with Crippen molar-refractivity contribution in [2.75, 3.05) is 10.6 Å². The van der Waals surface area contributed by atoms with E-state index >= 15 is 0 Å². The molecular weight excluding hydrogens is 590 g/mol. The average molecular weight is 624 g/mol. The number of benzene rings is 1. The van der Waals surface area contributed by atoms with E-state index in [9.17, 15) is 9.59 Å². The van der Waals surface area contributed by atoms with E-state index in [1.54, 1.807) is 56.9 Å². The van der Waals surface area contributed by atoms with Gasteiger partial charge in [-0.25, -0.2) is 24.6 Å². The molecule has 2 atom stereocenters. The summed E-state index contributed by atoms with van der Waals surface area (Å²) in [6, 6.07) is 8.51. The van der Waals surface area contributed by atoms with Crippen LogP contribution in [0.3, 0.4) is 0 Å². The van der Waals surface area contributed by atoms with Crippen LogP contribution in [-0.4, -0.2) is 59.3 Å². The van der Waals surface area contributed by atoms with Gasteiger partial charge in [0.2, 0.25) is 5.88 Å². The van der Waals surface area contributed by atoms with Gasteiger partial charge in [0.05, 0.1) is 11.6 Å². The number of urea groups is 1. The van der Waals surface area contributed by atoms with Crippen LogP contribution in [0.2, 0.25) is 0 Å². The fourth-order valence-corrected chi connectivity index (χ4v) is 5.04. The predicted molar refractivity (Wildman–Crippen MR) is 171 cm³/mol. The molecule has 0 fully saturated rings. The van der Waals surface area contributed by atoms with Crippen LogP contribution in [0, 0.1) is 25.7 Å². The van der Waals surface area contributed by atoms with Gasteiger partial charge in [-0.1, -0.05) is 6.92 Å². The number of hydrogen-bond donors (Lipinski definition) is 3. The van der Waals surface area contributed by atoms with E-state index < -0.39 is 17.7 Å². The molecule has 0 saturated carbocycles. The molecule has 2 aliphatic rings. The predicted octanol–water partition coefficient (Wildman–Crippen LogP) is 5.22. The lowest BCUT2D eigenvalue weighted by atomic mass is 9.83.